The second kappa shape index (κ2) is 8.05. The number of hydrogen-bond acceptors (Lipinski definition) is 4. The number of imidazole rings is 1. The Hall–Kier alpha value is -2.77. The van der Waals surface area contributed by atoms with E-state index >= 15 is 0 Å². The van der Waals surface area contributed by atoms with Crippen LogP contribution in [-0.2, 0) is 6.42 Å². The van der Waals surface area contributed by atoms with Gasteiger partial charge < -0.3 is 0 Å². The molecule has 0 aliphatic rings. The van der Waals surface area contributed by atoms with Gasteiger partial charge in [-0.25, -0.2) is 9.37 Å². The van der Waals surface area contributed by atoms with E-state index in [1.807, 2.05) is 29.7 Å². The lowest BCUT2D eigenvalue weighted by Crippen LogP contribution is -2.14. The highest BCUT2D eigenvalue weighted by Gasteiger charge is 2.27. The summed E-state index contributed by atoms with van der Waals surface area (Å²) in [6.07, 6.45) is 0.665. The van der Waals surface area contributed by atoms with Crippen LogP contribution in [0.2, 0.25) is 10.0 Å². The van der Waals surface area contributed by atoms with Crippen molar-refractivity contribution in [1.82, 2.24) is 30.2 Å². The van der Waals surface area contributed by atoms with Gasteiger partial charge in [0, 0.05) is 17.0 Å². The number of aryl methyl sites for hydroxylation is 1. The highest BCUT2D eigenvalue weighted by molar-refractivity contribution is 6.31. The Morgan fingerprint density at radius 1 is 1.10 bits per heavy atom. The third-order valence-electron chi connectivity index (χ3n) is 4.80. The molecule has 31 heavy (non-hydrogen) atoms. The molecule has 0 atom stereocenters. The molecule has 0 fully saturated rings. The molecule has 4 aromatic rings. The first-order valence-corrected chi connectivity index (χ1v) is 10.5. The van der Waals surface area contributed by atoms with Crippen molar-refractivity contribution < 1.29 is 4.39 Å². The van der Waals surface area contributed by atoms with Gasteiger partial charge in [-0.15, -0.1) is 10.2 Å². The molecule has 2 heterocycles. The average Bonchev–Trinajstić information content (AvgIpc) is 3.33. The van der Waals surface area contributed by atoms with Crippen LogP contribution in [0.15, 0.2) is 36.4 Å². The first-order chi connectivity index (χ1) is 14.6. The van der Waals surface area contributed by atoms with Crippen molar-refractivity contribution in [3.63, 3.8) is 0 Å². The van der Waals surface area contributed by atoms with Gasteiger partial charge in [0.1, 0.15) is 17.3 Å². The van der Waals surface area contributed by atoms with E-state index in [1.54, 1.807) is 12.1 Å². The molecular formula is C22H21Cl2FN6. The van der Waals surface area contributed by atoms with Crippen LogP contribution in [-0.4, -0.2) is 30.2 Å². The lowest BCUT2D eigenvalue weighted by Gasteiger charge is -2.21. The van der Waals surface area contributed by atoms with Gasteiger partial charge in [-0.2, -0.15) is 5.21 Å². The molecule has 0 aliphatic carbocycles. The predicted octanol–water partition coefficient (Wildman–Crippen LogP) is 6.06. The maximum atomic E-state index is 13.9. The minimum Gasteiger partial charge on any atom is -0.295 e. The smallest absolute Gasteiger partial charge is 0.225 e. The fourth-order valence-corrected chi connectivity index (χ4v) is 3.82. The molecule has 6 nitrogen and oxygen atoms in total. The van der Waals surface area contributed by atoms with Crippen LogP contribution in [0.4, 0.5) is 4.39 Å². The largest absolute Gasteiger partial charge is 0.295 e. The zero-order valence-electron chi connectivity index (χ0n) is 17.5. The van der Waals surface area contributed by atoms with Crippen LogP contribution in [0.3, 0.4) is 0 Å². The summed E-state index contributed by atoms with van der Waals surface area (Å²) >= 11 is 12.5. The lowest BCUT2D eigenvalue weighted by molar-refractivity contribution is 0.398. The van der Waals surface area contributed by atoms with Crippen molar-refractivity contribution in [2.45, 2.75) is 34.1 Å². The molecule has 0 bridgehead atoms. The Morgan fingerprint density at radius 3 is 2.52 bits per heavy atom. The fourth-order valence-electron chi connectivity index (χ4n) is 3.47. The van der Waals surface area contributed by atoms with Gasteiger partial charge in [0.25, 0.3) is 0 Å². The maximum Gasteiger partial charge on any atom is 0.225 e. The van der Waals surface area contributed by atoms with Gasteiger partial charge >= 0.3 is 0 Å². The van der Waals surface area contributed by atoms with Crippen molar-refractivity contribution in [1.29, 1.82) is 0 Å². The van der Waals surface area contributed by atoms with Crippen molar-refractivity contribution in [2.75, 3.05) is 0 Å². The molecular weight excluding hydrogens is 438 g/mol. The van der Waals surface area contributed by atoms with Crippen LogP contribution in [0.25, 0.3) is 28.5 Å². The quantitative estimate of drug-likeness (QED) is 0.403. The highest BCUT2D eigenvalue weighted by Crippen LogP contribution is 2.38. The predicted molar refractivity (Wildman–Crippen MR) is 120 cm³/mol. The monoisotopic (exact) mass is 458 g/mol. The summed E-state index contributed by atoms with van der Waals surface area (Å²) in [5.74, 6) is 0.642. The van der Waals surface area contributed by atoms with E-state index in [0.717, 1.165) is 17.1 Å². The zero-order valence-corrected chi connectivity index (χ0v) is 19.1. The van der Waals surface area contributed by atoms with Crippen molar-refractivity contribution in [3.8, 4) is 28.5 Å². The molecule has 0 saturated heterocycles. The number of nitrogens with one attached hydrogen (secondary N) is 1. The highest BCUT2D eigenvalue weighted by atomic mass is 35.5. The normalized spacial score (nSPS) is 11.8. The molecule has 0 aliphatic heterocycles. The second-order valence-corrected chi connectivity index (χ2v) is 9.44. The first kappa shape index (κ1) is 21.5. The Labute approximate surface area is 189 Å². The zero-order chi connectivity index (χ0) is 22.3. The number of halogens is 3. The third-order valence-corrected chi connectivity index (χ3v) is 5.32. The van der Waals surface area contributed by atoms with Crippen LogP contribution in [0, 0.1) is 18.2 Å². The van der Waals surface area contributed by atoms with E-state index in [1.165, 1.54) is 6.07 Å². The Morgan fingerprint density at radius 2 is 1.87 bits per heavy atom. The number of H-pyrrole nitrogens is 1. The minimum absolute atomic E-state index is 0.0181. The summed E-state index contributed by atoms with van der Waals surface area (Å²) in [7, 11) is 0. The first-order valence-electron chi connectivity index (χ1n) is 9.71. The van der Waals surface area contributed by atoms with Crippen molar-refractivity contribution in [3.05, 3.63) is 63.6 Å². The van der Waals surface area contributed by atoms with Gasteiger partial charge in [0.2, 0.25) is 5.82 Å². The third kappa shape index (κ3) is 4.34. The van der Waals surface area contributed by atoms with Crippen molar-refractivity contribution >= 4 is 23.2 Å². The Bertz CT molecular complexity index is 1240. The average molecular weight is 459 g/mol. The van der Waals surface area contributed by atoms with E-state index in [4.69, 9.17) is 28.2 Å². The molecule has 0 radical (unpaired) electrons. The van der Waals surface area contributed by atoms with Crippen LogP contribution in [0.1, 0.15) is 32.2 Å². The topological polar surface area (TPSA) is 72.3 Å². The van der Waals surface area contributed by atoms with E-state index in [2.05, 4.69) is 41.4 Å². The van der Waals surface area contributed by atoms with Gasteiger partial charge in [0.05, 0.1) is 16.4 Å². The molecule has 4 rings (SSSR count). The van der Waals surface area contributed by atoms with Gasteiger partial charge in [0.15, 0.2) is 0 Å². The van der Waals surface area contributed by atoms with Crippen LogP contribution in [0.5, 0.6) is 0 Å². The van der Waals surface area contributed by atoms with Gasteiger partial charge in [-0.05, 0) is 53.4 Å². The van der Waals surface area contributed by atoms with E-state index < -0.39 is 5.82 Å². The maximum absolute atomic E-state index is 13.9. The number of rotatable bonds is 4. The van der Waals surface area contributed by atoms with Gasteiger partial charge in [-0.1, -0.05) is 50.0 Å². The fraction of sp³-hybridized carbons (Fsp3) is 0.273. The molecule has 2 aromatic carbocycles. The molecule has 0 amide bonds. The number of hydrogen-bond donors (Lipinski definition) is 1. The van der Waals surface area contributed by atoms with Gasteiger partial charge in [-0.3, -0.25) is 4.57 Å². The Balaban J connectivity index is 2.11. The SMILES string of the molecule is Cc1ccc(Cl)cc1-n1c(CC(C)(C)C)nc(-c2nn[nH]n2)c1-c1ccc(F)c(Cl)c1. The number of nitrogens with zero attached hydrogens (tertiary/aromatic N) is 5. The van der Waals surface area contributed by atoms with E-state index in [-0.39, 0.29) is 10.4 Å². The summed E-state index contributed by atoms with van der Waals surface area (Å²) in [4.78, 5) is 4.91. The summed E-state index contributed by atoms with van der Waals surface area (Å²) in [5.41, 5.74) is 3.71. The Kier molecular flexibility index (Phi) is 5.58. The van der Waals surface area contributed by atoms with Crippen molar-refractivity contribution in [2.24, 2.45) is 5.41 Å². The molecule has 1 N–H and O–H groups in total. The summed E-state index contributed by atoms with van der Waals surface area (Å²) in [6.45, 7) is 8.42. The minimum atomic E-state index is -0.494. The lowest BCUT2D eigenvalue weighted by atomic mass is 9.92. The number of benzene rings is 2. The standard InChI is InChI=1S/C22H21Cl2FN6/c1-12-5-7-14(23)10-17(12)31-18(11-22(2,3)4)26-19(21-27-29-30-28-21)20(31)13-6-8-16(25)15(24)9-13/h5-10H,11H2,1-4H3,(H,27,28,29,30). The van der Waals surface area contributed by atoms with E-state index in [9.17, 15) is 4.39 Å². The summed E-state index contributed by atoms with van der Waals surface area (Å²) in [6, 6.07) is 10.3. The molecule has 2 aromatic heterocycles. The molecule has 0 saturated carbocycles. The number of aromatic amines is 1. The molecule has 0 unspecified atom stereocenters. The van der Waals surface area contributed by atoms with Crippen LogP contribution < -0.4 is 0 Å². The van der Waals surface area contributed by atoms with Crippen LogP contribution >= 0.6 is 23.2 Å². The second-order valence-electron chi connectivity index (χ2n) is 8.59. The van der Waals surface area contributed by atoms with E-state index in [0.29, 0.717) is 34.2 Å². The number of tetrazole rings is 1. The molecule has 160 valence electrons. The summed E-state index contributed by atoms with van der Waals surface area (Å²) < 4.78 is 16.0. The number of aromatic nitrogens is 6. The molecule has 0 spiro atoms. The summed E-state index contributed by atoms with van der Waals surface area (Å²) in [5, 5.41) is 15.1. The molecule has 9 heteroatoms.